The summed E-state index contributed by atoms with van der Waals surface area (Å²) in [4.78, 5) is 17.3. The topological polar surface area (TPSA) is 58.6 Å². The monoisotopic (exact) mass is 307 g/mol. The Balaban J connectivity index is 1.91. The van der Waals surface area contributed by atoms with Crippen molar-refractivity contribution in [1.29, 1.82) is 0 Å². The van der Waals surface area contributed by atoms with E-state index in [0.29, 0.717) is 16.7 Å². The van der Waals surface area contributed by atoms with Crippen LogP contribution in [0, 0.1) is 5.41 Å². The number of nitrogens with zero attached hydrogens (tertiary/aromatic N) is 2. The Labute approximate surface area is 126 Å². The van der Waals surface area contributed by atoms with Crippen molar-refractivity contribution in [2.24, 2.45) is 5.41 Å². The molecule has 106 valence electrons. The van der Waals surface area contributed by atoms with Crippen LogP contribution in [-0.2, 0) is 4.79 Å². The minimum absolute atomic E-state index is 0.197. The Morgan fingerprint density at radius 3 is 2.90 bits per heavy atom. The van der Waals surface area contributed by atoms with Gasteiger partial charge in [0, 0.05) is 10.3 Å². The highest BCUT2D eigenvalue weighted by atomic mass is 32.2. The molecule has 0 aromatic carbocycles. The number of aromatic nitrogens is 3. The van der Waals surface area contributed by atoms with Crippen molar-refractivity contribution in [3.63, 3.8) is 0 Å². The molecule has 0 amide bonds. The third kappa shape index (κ3) is 4.31. The highest BCUT2D eigenvalue weighted by Crippen LogP contribution is 2.21. The molecule has 2 aromatic rings. The summed E-state index contributed by atoms with van der Waals surface area (Å²) in [5.41, 5.74) is -0.314. The number of carbonyl (C=O) groups excluding carboxylic acids is 1. The van der Waals surface area contributed by atoms with E-state index in [1.54, 1.807) is 11.3 Å². The van der Waals surface area contributed by atoms with E-state index in [9.17, 15) is 4.79 Å². The molecule has 0 aliphatic heterocycles. The average Bonchev–Trinajstić information content (AvgIpc) is 3.03. The second kappa shape index (κ2) is 6.37. The van der Waals surface area contributed by atoms with Gasteiger partial charge in [-0.25, -0.2) is 4.98 Å². The summed E-state index contributed by atoms with van der Waals surface area (Å²) < 4.78 is 0. The lowest BCUT2D eigenvalue weighted by Crippen LogP contribution is -2.22. The molecule has 6 heteroatoms. The lowest BCUT2D eigenvalue weighted by atomic mass is 9.92. The zero-order valence-electron chi connectivity index (χ0n) is 11.7. The molecule has 1 N–H and O–H groups in total. The molecule has 2 heterocycles. The van der Waals surface area contributed by atoms with E-state index >= 15 is 0 Å². The van der Waals surface area contributed by atoms with Gasteiger partial charge in [0.05, 0.1) is 5.75 Å². The lowest BCUT2D eigenvalue weighted by Gasteiger charge is -2.14. The van der Waals surface area contributed by atoms with Crippen LogP contribution in [0.15, 0.2) is 22.7 Å². The van der Waals surface area contributed by atoms with E-state index in [-0.39, 0.29) is 11.2 Å². The number of aromatic amines is 1. The lowest BCUT2D eigenvalue weighted by molar-refractivity contribution is -0.123. The fourth-order valence-corrected chi connectivity index (χ4v) is 2.88. The van der Waals surface area contributed by atoms with Crippen molar-refractivity contribution in [1.82, 2.24) is 15.2 Å². The van der Waals surface area contributed by atoms with Crippen LogP contribution < -0.4 is 0 Å². The Morgan fingerprint density at radius 1 is 1.45 bits per heavy atom. The summed E-state index contributed by atoms with van der Waals surface area (Å²) in [7, 11) is 0. The maximum atomic E-state index is 11.8. The molecular formula is C14H17N3OS2. The molecule has 4 nitrogen and oxygen atoms in total. The summed E-state index contributed by atoms with van der Waals surface area (Å²) in [5, 5.41) is 9.58. The maximum Gasteiger partial charge on any atom is 0.209 e. The smallest absolute Gasteiger partial charge is 0.209 e. The molecule has 2 rings (SSSR count). The highest BCUT2D eigenvalue weighted by Gasteiger charge is 2.21. The van der Waals surface area contributed by atoms with E-state index in [1.807, 2.05) is 50.4 Å². The fourth-order valence-electron chi connectivity index (χ4n) is 1.29. The minimum Gasteiger partial charge on any atom is -0.298 e. The third-order valence-electron chi connectivity index (χ3n) is 2.60. The van der Waals surface area contributed by atoms with Crippen LogP contribution in [0.25, 0.3) is 12.2 Å². The third-order valence-corrected chi connectivity index (χ3v) is 4.28. The summed E-state index contributed by atoms with van der Waals surface area (Å²) >= 11 is 3.03. The average molecular weight is 307 g/mol. The quantitative estimate of drug-likeness (QED) is 0.855. The van der Waals surface area contributed by atoms with Crippen molar-refractivity contribution < 1.29 is 4.79 Å². The number of hydrogen-bond acceptors (Lipinski definition) is 5. The van der Waals surface area contributed by atoms with E-state index in [4.69, 9.17) is 0 Å². The van der Waals surface area contributed by atoms with Crippen LogP contribution in [0.2, 0.25) is 0 Å². The molecule has 0 fully saturated rings. The van der Waals surface area contributed by atoms with Gasteiger partial charge in [-0.15, -0.1) is 16.4 Å². The number of thiophene rings is 1. The van der Waals surface area contributed by atoms with E-state index in [1.165, 1.54) is 16.6 Å². The maximum absolute atomic E-state index is 11.8. The van der Waals surface area contributed by atoms with Crippen LogP contribution in [0.3, 0.4) is 0 Å². The summed E-state index contributed by atoms with van der Waals surface area (Å²) in [6.07, 6.45) is 3.87. The largest absolute Gasteiger partial charge is 0.298 e. The van der Waals surface area contributed by atoms with Gasteiger partial charge in [0.1, 0.15) is 11.6 Å². The number of Topliss-reactive ketones (excluding diaryl/α,β-unsaturated/α-hetero) is 1. The first kappa shape index (κ1) is 15.0. The van der Waals surface area contributed by atoms with Crippen molar-refractivity contribution in [3.05, 3.63) is 28.2 Å². The first-order chi connectivity index (χ1) is 9.45. The van der Waals surface area contributed by atoms with E-state index < -0.39 is 0 Å². The molecule has 0 bridgehead atoms. The van der Waals surface area contributed by atoms with Gasteiger partial charge in [0.15, 0.2) is 0 Å². The van der Waals surface area contributed by atoms with Gasteiger partial charge in [0.2, 0.25) is 5.16 Å². The Bertz CT molecular complexity index is 594. The molecule has 0 radical (unpaired) electrons. The molecule has 0 saturated heterocycles. The highest BCUT2D eigenvalue weighted by molar-refractivity contribution is 7.99. The predicted molar refractivity (Wildman–Crippen MR) is 84.8 cm³/mol. The molecule has 20 heavy (non-hydrogen) atoms. The molecule has 0 spiro atoms. The SMILES string of the molecule is CC(C)(C)C(=O)CSc1n[nH]c(C=Cc2cccs2)n1. The molecule has 0 unspecified atom stereocenters. The zero-order chi connectivity index (χ0) is 14.6. The molecule has 0 aliphatic rings. The second-order valence-corrected chi connectivity index (χ2v) is 7.24. The molecule has 0 atom stereocenters. The Morgan fingerprint density at radius 2 is 2.25 bits per heavy atom. The Kier molecular flexibility index (Phi) is 4.77. The van der Waals surface area contributed by atoms with Crippen molar-refractivity contribution in [2.75, 3.05) is 5.75 Å². The zero-order valence-corrected chi connectivity index (χ0v) is 13.3. The molecular weight excluding hydrogens is 290 g/mol. The molecule has 2 aromatic heterocycles. The normalized spacial score (nSPS) is 12.2. The first-order valence-electron chi connectivity index (χ1n) is 6.25. The van der Waals surface area contributed by atoms with Crippen LogP contribution in [0.4, 0.5) is 0 Å². The van der Waals surface area contributed by atoms with Gasteiger partial charge >= 0.3 is 0 Å². The molecule has 0 aliphatic carbocycles. The van der Waals surface area contributed by atoms with Crippen LogP contribution >= 0.6 is 23.1 Å². The van der Waals surface area contributed by atoms with Gasteiger partial charge in [-0.05, 0) is 23.6 Å². The number of nitrogens with one attached hydrogen (secondary N) is 1. The van der Waals surface area contributed by atoms with Crippen LogP contribution in [0.5, 0.6) is 0 Å². The summed E-state index contributed by atoms with van der Waals surface area (Å²) in [6.45, 7) is 5.76. The molecule has 0 saturated carbocycles. The number of H-pyrrole nitrogens is 1. The first-order valence-corrected chi connectivity index (χ1v) is 8.12. The van der Waals surface area contributed by atoms with Gasteiger partial charge in [-0.3, -0.25) is 9.89 Å². The van der Waals surface area contributed by atoms with Crippen molar-refractivity contribution in [3.8, 4) is 0 Å². The number of carbonyl (C=O) groups is 1. The van der Waals surface area contributed by atoms with Gasteiger partial charge < -0.3 is 0 Å². The standard InChI is InChI=1S/C14H17N3OS2/c1-14(2,3)11(18)9-20-13-15-12(16-17-13)7-6-10-5-4-8-19-10/h4-8H,9H2,1-3H3,(H,15,16,17). The van der Waals surface area contributed by atoms with Crippen LogP contribution in [0.1, 0.15) is 31.5 Å². The van der Waals surface area contributed by atoms with Gasteiger partial charge in [0.25, 0.3) is 0 Å². The number of ketones is 1. The fraction of sp³-hybridized carbons (Fsp3) is 0.357. The number of thioether (sulfide) groups is 1. The predicted octanol–water partition coefficient (Wildman–Crippen LogP) is 3.74. The van der Waals surface area contributed by atoms with E-state index in [2.05, 4.69) is 15.2 Å². The second-order valence-electron chi connectivity index (χ2n) is 5.31. The summed E-state index contributed by atoms with van der Waals surface area (Å²) in [5.74, 6) is 1.29. The number of rotatable bonds is 5. The van der Waals surface area contributed by atoms with Gasteiger partial charge in [-0.1, -0.05) is 38.6 Å². The number of hydrogen-bond donors (Lipinski definition) is 1. The van der Waals surface area contributed by atoms with Crippen molar-refractivity contribution >= 4 is 41.0 Å². The Hall–Kier alpha value is -1.40. The van der Waals surface area contributed by atoms with Crippen LogP contribution in [-0.4, -0.2) is 26.7 Å². The van der Waals surface area contributed by atoms with Crippen molar-refractivity contribution in [2.45, 2.75) is 25.9 Å². The van der Waals surface area contributed by atoms with E-state index in [0.717, 1.165) is 0 Å². The minimum atomic E-state index is -0.314. The summed E-state index contributed by atoms with van der Waals surface area (Å²) in [6, 6.07) is 4.04. The van der Waals surface area contributed by atoms with Gasteiger partial charge in [-0.2, -0.15) is 0 Å².